The zero-order valence-electron chi connectivity index (χ0n) is 20.9. The largest absolute Gasteiger partial charge is 0.353 e. The number of piperidine rings is 1. The van der Waals surface area contributed by atoms with Crippen molar-refractivity contribution in [2.45, 2.75) is 59.8 Å². The van der Waals surface area contributed by atoms with Crippen LogP contribution >= 0.6 is 0 Å². The lowest BCUT2D eigenvalue weighted by atomic mass is 9.76. The van der Waals surface area contributed by atoms with E-state index in [9.17, 15) is 9.59 Å². The van der Waals surface area contributed by atoms with Gasteiger partial charge in [-0.1, -0.05) is 33.8 Å². The Labute approximate surface area is 200 Å². The van der Waals surface area contributed by atoms with E-state index in [2.05, 4.69) is 35.1 Å². The van der Waals surface area contributed by atoms with Gasteiger partial charge >= 0.3 is 0 Å². The molecule has 34 heavy (non-hydrogen) atoms. The first-order valence-electron chi connectivity index (χ1n) is 12.3. The highest BCUT2D eigenvalue weighted by molar-refractivity contribution is 5.99. The maximum absolute atomic E-state index is 13.0. The molecule has 2 N–H and O–H groups in total. The van der Waals surface area contributed by atoms with Crippen LogP contribution in [0, 0.1) is 10.8 Å². The fourth-order valence-electron chi connectivity index (χ4n) is 5.43. The normalized spacial score (nSPS) is 19.3. The maximum Gasteiger partial charge on any atom is 0.246 e. The molecule has 0 atom stereocenters. The van der Waals surface area contributed by atoms with Gasteiger partial charge in [0.25, 0.3) is 0 Å². The van der Waals surface area contributed by atoms with E-state index < -0.39 is 5.41 Å². The second-order valence-corrected chi connectivity index (χ2v) is 11.5. The number of hydrogen-bond donors (Lipinski definition) is 2. The lowest BCUT2D eigenvalue weighted by molar-refractivity contribution is -0.146. The number of likely N-dealkylation sites (N-methyl/N-ethyl adjacent to an activating group) is 1. The Hall–Kier alpha value is -3.09. The van der Waals surface area contributed by atoms with Crippen molar-refractivity contribution in [3.8, 4) is 11.4 Å². The quantitative estimate of drug-likeness (QED) is 0.591. The van der Waals surface area contributed by atoms with Crippen LogP contribution in [-0.2, 0) is 22.4 Å². The molecule has 0 unspecified atom stereocenters. The molecular weight excluding hydrogens is 426 g/mol. The number of hydrogen-bond acceptors (Lipinski definition) is 3. The molecule has 1 aliphatic carbocycles. The molecule has 3 aromatic rings. The summed E-state index contributed by atoms with van der Waals surface area (Å²) in [6.07, 6.45) is 5.00. The summed E-state index contributed by atoms with van der Waals surface area (Å²) < 4.78 is 0. The van der Waals surface area contributed by atoms with Crippen LogP contribution < -0.4 is 4.90 Å². The maximum atomic E-state index is 13.0. The van der Waals surface area contributed by atoms with Gasteiger partial charge in [0.1, 0.15) is 12.2 Å². The SMILES string of the molecule is CN(C(=O)CN1CCCC(C)(C)C1=O)c1ccc2cc(-c3n[nH]c4c3CCC(C)(C)C4)[nH]c2c1. The minimum absolute atomic E-state index is 0.0654. The van der Waals surface area contributed by atoms with E-state index in [0.29, 0.717) is 12.0 Å². The summed E-state index contributed by atoms with van der Waals surface area (Å²) in [6, 6.07) is 8.13. The third kappa shape index (κ3) is 4.01. The predicted molar refractivity (Wildman–Crippen MR) is 135 cm³/mol. The predicted octanol–water partition coefficient (Wildman–Crippen LogP) is 4.68. The van der Waals surface area contributed by atoms with Crippen molar-refractivity contribution in [2.24, 2.45) is 10.8 Å². The number of likely N-dealkylation sites (tertiary alicyclic amines) is 1. The minimum Gasteiger partial charge on any atom is -0.353 e. The van der Waals surface area contributed by atoms with Crippen molar-refractivity contribution in [3.05, 3.63) is 35.5 Å². The molecule has 180 valence electrons. The summed E-state index contributed by atoms with van der Waals surface area (Å²) in [4.78, 5) is 32.6. The van der Waals surface area contributed by atoms with Gasteiger partial charge in [0, 0.05) is 46.9 Å². The van der Waals surface area contributed by atoms with E-state index in [4.69, 9.17) is 0 Å². The Morgan fingerprint density at radius 3 is 2.76 bits per heavy atom. The molecule has 1 fully saturated rings. The van der Waals surface area contributed by atoms with Gasteiger partial charge < -0.3 is 14.8 Å². The molecule has 1 saturated heterocycles. The number of anilines is 1. The van der Waals surface area contributed by atoms with Gasteiger partial charge in [-0.15, -0.1) is 0 Å². The monoisotopic (exact) mass is 461 g/mol. The first kappa shape index (κ1) is 22.7. The van der Waals surface area contributed by atoms with Crippen molar-refractivity contribution in [2.75, 3.05) is 25.0 Å². The van der Waals surface area contributed by atoms with Crippen LogP contribution in [0.25, 0.3) is 22.3 Å². The van der Waals surface area contributed by atoms with Gasteiger partial charge in [0.05, 0.1) is 5.69 Å². The van der Waals surface area contributed by atoms with E-state index in [1.165, 1.54) is 11.3 Å². The summed E-state index contributed by atoms with van der Waals surface area (Å²) in [7, 11) is 1.78. The fraction of sp³-hybridized carbons (Fsp3) is 0.519. The van der Waals surface area contributed by atoms with Gasteiger partial charge in [-0.2, -0.15) is 5.10 Å². The molecule has 0 bridgehead atoms. The number of carbonyl (C=O) groups excluding carboxylic acids is 2. The van der Waals surface area contributed by atoms with Crippen LogP contribution in [0.1, 0.15) is 58.2 Å². The molecule has 1 aliphatic heterocycles. The molecule has 5 rings (SSSR count). The molecule has 7 heteroatoms. The average Bonchev–Trinajstić information content (AvgIpc) is 3.38. The molecule has 2 amide bonds. The van der Waals surface area contributed by atoms with Gasteiger partial charge in [-0.3, -0.25) is 14.7 Å². The summed E-state index contributed by atoms with van der Waals surface area (Å²) in [5.41, 5.74) is 6.24. The van der Waals surface area contributed by atoms with Crippen molar-refractivity contribution < 1.29 is 9.59 Å². The highest BCUT2D eigenvalue weighted by atomic mass is 16.2. The van der Waals surface area contributed by atoms with Gasteiger partial charge in [0.2, 0.25) is 11.8 Å². The van der Waals surface area contributed by atoms with Crippen molar-refractivity contribution >= 4 is 28.4 Å². The standard InChI is InChI=1S/C27H35N5O2/c1-26(2)11-9-19-22(15-26)29-30-24(19)21-13-17-7-8-18(14-20(17)28-21)31(5)23(33)16-32-12-6-10-27(3,4)25(32)34/h7-8,13-14,28H,6,9-12,15-16H2,1-5H3,(H,29,30). The number of nitrogens with zero attached hydrogens (tertiary/aromatic N) is 3. The third-order valence-corrected chi connectivity index (χ3v) is 7.70. The van der Waals surface area contributed by atoms with Crippen LogP contribution in [0.2, 0.25) is 0 Å². The van der Waals surface area contributed by atoms with Crippen LogP contribution in [0.4, 0.5) is 5.69 Å². The van der Waals surface area contributed by atoms with Gasteiger partial charge in [-0.25, -0.2) is 0 Å². The van der Waals surface area contributed by atoms with E-state index in [-0.39, 0.29) is 18.4 Å². The average molecular weight is 462 g/mol. The van der Waals surface area contributed by atoms with E-state index in [1.807, 2.05) is 32.0 Å². The Bertz CT molecular complexity index is 1270. The summed E-state index contributed by atoms with van der Waals surface area (Å²) in [5.74, 6) is -0.0168. The fourth-order valence-corrected chi connectivity index (χ4v) is 5.43. The number of carbonyl (C=O) groups is 2. The van der Waals surface area contributed by atoms with Gasteiger partial charge in [0.15, 0.2) is 0 Å². The summed E-state index contributed by atoms with van der Waals surface area (Å²) in [6.45, 7) is 9.30. The van der Waals surface area contributed by atoms with Crippen LogP contribution in [0.15, 0.2) is 24.3 Å². The first-order chi connectivity index (χ1) is 16.0. The van der Waals surface area contributed by atoms with Crippen LogP contribution in [-0.4, -0.2) is 52.0 Å². The van der Waals surface area contributed by atoms with Crippen molar-refractivity contribution in [1.82, 2.24) is 20.1 Å². The number of amides is 2. The van der Waals surface area contributed by atoms with E-state index in [0.717, 1.165) is 60.1 Å². The second kappa shape index (κ2) is 8.00. The Morgan fingerprint density at radius 2 is 1.97 bits per heavy atom. The minimum atomic E-state index is -0.391. The molecule has 0 spiro atoms. The topological polar surface area (TPSA) is 85.1 Å². The Kier molecular flexibility index (Phi) is 5.34. The smallest absolute Gasteiger partial charge is 0.246 e. The molecular formula is C27H35N5O2. The van der Waals surface area contributed by atoms with Gasteiger partial charge in [-0.05, 0) is 55.7 Å². The van der Waals surface area contributed by atoms with Crippen LogP contribution in [0.3, 0.4) is 0 Å². The molecule has 3 heterocycles. The zero-order chi connectivity index (χ0) is 24.3. The summed E-state index contributed by atoms with van der Waals surface area (Å²) in [5, 5.41) is 8.99. The third-order valence-electron chi connectivity index (χ3n) is 7.70. The molecule has 0 radical (unpaired) electrons. The van der Waals surface area contributed by atoms with Crippen molar-refractivity contribution in [3.63, 3.8) is 0 Å². The highest BCUT2D eigenvalue weighted by Crippen LogP contribution is 2.38. The second-order valence-electron chi connectivity index (χ2n) is 11.5. The number of aromatic amines is 2. The zero-order valence-corrected chi connectivity index (χ0v) is 20.9. The van der Waals surface area contributed by atoms with Crippen molar-refractivity contribution in [1.29, 1.82) is 0 Å². The number of nitrogens with one attached hydrogen (secondary N) is 2. The number of rotatable bonds is 4. The highest BCUT2D eigenvalue weighted by Gasteiger charge is 2.36. The Morgan fingerprint density at radius 1 is 1.18 bits per heavy atom. The summed E-state index contributed by atoms with van der Waals surface area (Å²) >= 11 is 0. The van der Waals surface area contributed by atoms with E-state index in [1.54, 1.807) is 16.8 Å². The van der Waals surface area contributed by atoms with Crippen LogP contribution in [0.5, 0.6) is 0 Å². The molecule has 2 aromatic heterocycles. The van der Waals surface area contributed by atoms with E-state index >= 15 is 0 Å². The molecule has 0 saturated carbocycles. The number of aromatic nitrogens is 3. The first-order valence-corrected chi connectivity index (χ1v) is 12.3. The molecule has 1 aromatic carbocycles. The number of benzene rings is 1. The lowest BCUT2D eigenvalue weighted by Gasteiger charge is -2.37. The molecule has 2 aliphatic rings. The number of H-pyrrole nitrogens is 2. The molecule has 7 nitrogen and oxygen atoms in total. The lowest BCUT2D eigenvalue weighted by Crippen LogP contribution is -2.50. The Balaban J connectivity index is 1.36. The number of fused-ring (bicyclic) bond motifs is 2.